The van der Waals surface area contributed by atoms with Crippen molar-refractivity contribution in [1.29, 1.82) is 0 Å². The summed E-state index contributed by atoms with van der Waals surface area (Å²) < 4.78 is 5.37. The Bertz CT molecular complexity index is 1070. The lowest BCUT2D eigenvalue weighted by atomic mass is 10.0. The highest BCUT2D eigenvalue weighted by atomic mass is 16.5. The van der Waals surface area contributed by atoms with Crippen molar-refractivity contribution in [3.8, 4) is 5.75 Å². The van der Waals surface area contributed by atoms with Gasteiger partial charge in [-0.3, -0.25) is 9.59 Å². The average Bonchev–Trinajstić information content (AvgIpc) is 2.82. The number of likely N-dealkylation sites (N-methyl/N-ethyl adjacent to an activating group) is 1. The third-order valence-electron chi connectivity index (χ3n) is 5.55. The molecule has 33 heavy (non-hydrogen) atoms. The van der Waals surface area contributed by atoms with Gasteiger partial charge in [-0.05, 0) is 42.7 Å². The van der Waals surface area contributed by atoms with Crippen molar-refractivity contribution in [1.82, 2.24) is 10.2 Å². The van der Waals surface area contributed by atoms with E-state index in [-0.39, 0.29) is 18.2 Å². The summed E-state index contributed by atoms with van der Waals surface area (Å²) in [4.78, 5) is 28.5. The van der Waals surface area contributed by atoms with Crippen LogP contribution in [0, 0.1) is 6.92 Å². The molecule has 0 aliphatic carbocycles. The lowest BCUT2D eigenvalue weighted by Gasteiger charge is -2.31. The van der Waals surface area contributed by atoms with Crippen LogP contribution in [0.1, 0.15) is 29.2 Å². The van der Waals surface area contributed by atoms with E-state index < -0.39 is 6.04 Å². The Hall–Kier alpha value is -3.60. The molecule has 0 saturated carbocycles. The van der Waals surface area contributed by atoms with E-state index in [0.717, 1.165) is 28.0 Å². The molecule has 0 fully saturated rings. The van der Waals surface area contributed by atoms with Crippen LogP contribution in [0.4, 0.5) is 0 Å². The zero-order valence-corrected chi connectivity index (χ0v) is 19.6. The summed E-state index contributed by atoms with van der Waals surface area (Å²) in [6.45, 7) is 4.72. The van der Waals surface area contributed by atoms with E-state index in [1.165, 1.54) is 0 Å². The zero-order valence-electron chi connectivity index (χ0n) is 19.6. The molecular weight excluding hydrogens is 412 g/mol. The number of hydrogen-bond donors (Lipinski definition) is 1. The fourth-order valence-electron chi connectivity index (χ4n) is 3.91. The predicted octanol–water partition coefficient (Wildman–Crippen LogP) is 4.32. The van der Waals surface area contributed by atoms with Gasteiger partial charge in [-0.1, -0.05) is 72.3 Å². The summed E-state index contributed by atoms with van der Waals surface area (Å²) in [6.07, 6.45) is 0.673. The molecule has 3 aromatic rings. The number of carbonyl (C=O) groups is 2. The molecule has 0 saturated heterocycles. The van der Waals surface area contributed by atoms with Crippen LogP contribution in [-0.2, 0) is 29.0 Å². The first-order valence-electron chi connectivity index (χ1n) is 11.3. The molecule has 3 aromatic carbocycles. The molecular formula is C28H32N2O3. The Kier molecular flexibility index (Phi) is 8.64. The van der Waals surface area contributed by atoms with Crippen molar-refractivity contribution in [2.45, 2.75) is 39.3 Å². The minimum Gasteiger partial charge on any atom is -0.497 e. The van der Waals surface area contributed by atoms with Crippen LogP contribution in [0.25, 0.3) is 0 Å². The van der Waals surface area contributed by atoms with Crippen LogP contribution in [0.3, 0.4) is 0 Å². The summed E-state index contributed by atoms with van der Waals surface area (Å²) >= 11 is 0. The molecule has 5 nitrogen and oxygen atoms in total. The topological polar surface area (TPSA) is 58.6 Å². The molecule has 0 spiro atoms. The molecule has 5 heteroatoms. The molecule has 0 aliphatic heterocycles. The van der Waals surface area contributed by atoms with Crippen molar-refractivity contribution in [2.75, 3.05) is 13.7 Å². The Balaban J connectivity index is 1.96. The summed E-state index contributed by atoms with van der Waals surface area (Å²) in [5.41, 5.74) is 3.95. The van der Waals surface area contributed by atoms with Gasteiger partial charge in [-0.15, -0.1) is 0 Å². The molecule has 1 N–H and O–H groups in total. The van der Waals surface area contributed by atoms with Crippen LogP contribution in [0.2, 0.25) is 0 Å². The molecule has 0 aliphatic rings. The quantitative estimate of drug-likeness (QED) is 0.507. The van der Waals surface area contributed by atoms with Gasteiger partial charge in [0.1, 0.15) is 11.8 Å². The van der Waals surface area contributed by atoms with Gasteiger partial charge in [0.05, 0.1) is 13.5 Å². The Morgan fingerprint density at radius 3 is 2.30 bits per heavy atom. The smallest absolute Gasteiger partial charge is 0.243 e. The highest BCUT2D eigenvalue weighted by Crippen LogP contribution is 2.19. The number of aryl methyl sites for hydroxylation is 1. The van der Waals surface area contributed by atoms with Crippen molar-refractivity contribution < 1.29 is 14.3 Å². The summed E-state index contributed by atoms with van der Waals surface area (Å²) in [5.74, 6) is 0.480. The third kappa shape index (κ3) is 6.94. The number of nitrogens with zero attached hydrogens (tertiary/aromatic N) is 1. The number of amides is 2. The Morgan fingerprint density at radius 2 is 1.61 bits per heavy atom. The van der Waals surface area contributed by atoms with Gasteiger partial charge >= 0.3 is 0 Å². The molecule has 172 valence electrons. The monoisotopic (exact) mass is 444 g/mol. The molecule has 2 amide bonds. The lowest BCUT2D eigenvalue weighted by molar-refractivity contribution is -0.140. The number of rotatable bonds is 10. The molecule has 0 radical (unpaired) electrons. The maximum absolute atomic E-state index is 13.6. The first-order chi connectivity index (χ1) is 16.0. The first kappa shape index (κ1) is 24.1. The maximum Gasteiger partial charge on any atom is 0.243 e. The minimum atomic E-state index is -0.629. The zero-order chi connectivity index (χ0) is 23.6. The van der Waals surface area contributed by atoms with E-state index in [2.05, 4.69) is 5.32 Å². The first-order valence-corrected chi connectivity index (χ1v) is 11.3. The maximum atomic E-state index is 13.6. The molecule has 0 unspecified atom stereocenters. The molecule has 0 aromatic heterocycles. The van der Waals surface area contributed by atoms with Gasteiger partial charge in [0.15, 0.2) is 0 Å². The van der Waals surface area contributed by atoms with Gasteiger partial charge in [0, 0.05) is 19.5 Å². The highest BCUT2D eigenvalue weighted by Gasteiger charge is 2.30. The van der Waals surface area contributed by atoms with Gasteiger partial charge < -0.3 is 15.0 Å². The highest BCUT2D eigenvalue weighted by molar-refractivity contribution is 5.88. The normalized spacial score (nSPS) is 11.5. The van der Waals surface area contributed by atoms with Gasteiger partial charge in [0.25, 0.3) is 0 Å². The van der Waals surface area contributed by atoms with Crippen LogP contribution in [0.5, 0.6) is 5.75 Å². The van der Waals surface area contributed by atoms with E-state index in [4.69, 9.17) is 4.74 Å². The second kappa shape index (κ2) is 11.9. The van der Waals surface area contributed by atoms with E-state index in [0.29, 0.717) is 19.5 Å². The minimum absolute atomic E-state index is 0.0874. The van der Waals surface area contributed by atoms with Gasteiger partial charge in [0.2, 0.25) is 11.8 Å². The number of nitrogens with one attached hydrogen (secondary N) is 1. The molecule has 0 heterocycles. The Morgan fingerprint density at radius 1 is 0.909 bits per heavy atom. The molecule has 3 rings (SSSR count). The van der Waals surface area contributed by atoms with Crippen LogP contribution >= 0.6 is 0 Å². The largest absolute Gasteiger partial charge is 0.497 e. The van der Waals surface area contributed by atoms with Crippen molar-refractivity contribution >= 4 is 11.8 Å². The van der Waals surface area contributed by atoms with Crippen LogP contribution in [-0.4, -0.2) is 36.4 Å². The standard InChI is InChI=1S/C28H32N2O3/c1-4-29-28(32)26(18-22-11-6-5-7-12-22)30(20-24-14-9-15-25(17-24)33-3)27(31)19-23-13-8-10-21(2)16-23/h5-17,26H,4,18-20H2,1-3H3,(H,29,32)/t26-/m1/s1. The SMILES string of the molecule is CCNC(=O)[C@@H](Cc1ccccc1)N(Cc1cccc(OC)c1)C(=O)Cc1cccc(C)c1. The summed E-state index contributed by atoms with van der Waals surface area (Å²) in [6, 6.07) is 24.7. The fourth-order valence-corrected chi connectivity index (χ4v) is 3.91. The van der Waals surface area contributed by atoms with E-state index >= 15 is 0 Å². The molecule has 0 bridgehead atoms. The lowest BCUT2D eigenvalue weighted by Crippen LogP contribution is -2.50. The number of ether oxygens (including phenoxy) is 1. The predicted molar refractivity (Wildman–Crippen MR) is 131 cm³/mol. The van der Waals surface area contributed by atoms with E-state index in [9.17, 15) is 9.59 Å². The van der Waals surface area contributed by atoms with Crippen molar-refractivity contribution in [2.24, 2.45) is 0 Å². The number of methoxy groups -OCH3 is 1. The average molecular weight is 445 g/mol. The van der Waals surface area contributed by atoms with E-state index in [1.807, 2.05) is 92.7 Å². The van der Waals surface area contributed by atoms with Crippen molar-refractivity contribution in [3.63, 3.8) is 0 Å². The van der Waals surface area contributed by atoms with Crippen molar-refractivity contribution in [3.05, 3.63) is 101 Å². The number of hydrogen-bond acceptors (Lipinski definition) is 3. The summed E-state index contributed by atoms with van der Waals surface area (Å²) in [7, 11) is 1.62. The number of carbonyl (C=O) groups excluding carboxylic acids is 2. The second-order valence-corrected chi connectivity index (χ2v) is 8.14. The van der Waals surface area contributed by atoms with Gasteiger partial charge in [-0.2, -0.15) is 0 Å². The van der Waals surface area contributed by atoms with Gasteiger partial charge in [-0.25, -0.2) is 0 Å². The van der Waals surface area contributed by atoms with Crippen LogP contribution < -0.4 is 10.1 Å². The molecule has 1 atom stereocenters. The second-order valence-electron chi connectivity index (χ2n) is 8.14. The third-order valence-corrected chi connectivity index (χ3v) is 5.55. The van der Waals surface area contributed by atoms with E-state index in [1.54, 1.807) is 12.0 Å². The summed E-state index contributed by atoms with van der Waals surface area (Å²) in [5, 5.41) is 2.93. The Labute approximate surface area is 196 Å². The fraction of sp³-hybridized carbons (Fsp3) is 0.286. The van der Waals surface area contributed by atoms with Crippen LogP contribution in [0.15, 0.2) is 78.9 Å². The number of benzene rings is 3.